The fraction of sp³-hybridized carbons (Fsp3) is 0.316. The minimum absolute atomic E-state index is 0.230. The van der Waals surface area contributed by atoms with Crippen LogP contribution in [0.1, 0.15) is 46.9 Å². The van der Waals surface area contributed by atoms with Crippen molar-refractivity contribution in [3.05, 3.63) is 59.2 Å². The van der Waals surface area contributed by atoms with Gasteiger partial charge in [0.1, 0.15) is 17.4 Å². The van der Waals surface area contributed by atoms with Gasteiger partial charge in [-0.25, -0.2) is 0 Å². The predicted octanol–water partition coefficient (Wildman–Crippen LogP) is 3.88. The highest BCUT2D eigenvalue weighted by atomic mass is 16.4. The molecule has 5 heteroatoms. The van der Waals surface area contributed by atoms with Crippen LogP contribution in [0.25, 0.3) is 11.0 Å². The van der Waals surface area contributed by atoms with Crippen molar-refractivity contribution in [1.29, 1.82) is 0 Å². The zero-order chi connectivity index (χ0) is 17.3. The number of hydrogen-bond acceptors (Lipinski definition) is 4. The second-order valence-corrected chi connectivity index (χ2v) is 6.15. The molecule has 3 rings (SSSR count). The predicted molar refractivity (Wildman–Crippen MR) is 90.9 cm³/mol. The Bertz CT molecular complexity index is 848. The number of benzene rings is 1. The van der Waals surface area contributed by atoms with Crippen molar-refractivity contribution in [2.24, 2.45) is 0 Å². The third-order valence-corrected chi connectivity index (χ3v) is 4.19. The molecular weight excluding hydrogens is 306 g/mol. The van der Waals surface area contributed by atoms with Crippen molar-refractivity contribution in [1.82, 2.24) is 5.32 Å². The smallest absolute Gasteiger partial charge is 0.287 e. The second kappa shape index (κ2) is 6.53. The number of nitrogens with one attached hydrogen (secondary N) is 1. The molecule has 0 unspecified atom stereocenters. The van der Waals surface area contributed by atoms with Gasteiger partial charge < -0.3 is 19.3 Å². The summed E-state index contributed by atoms with van der Waals surface area (Å²) in [6.45, 7) is 5.67. The first-order chi connectivity index (χ1) is 11.5. The molecule has 0 fully saturated rings. The number of rotatable bonds is 5. The minimum atomic E-state index is -0.755. The summed E-state index contributed by atoms with van der Waals surface area (Å²) in [5, 5.41) is 13.9. The van der Waals surface area contributed by atoms with E-state index in [1.54, 1.807) is 12.1 Å². The Kier molecular flexibility index (Phi) is 4.44. The van der Waals surface area contributed by atoms with Crippen LogP contribution in [0.4, 0.5) is 0 Å². The molecule has 2 heterocycles. The van der Waals surface area contributed by atoms with Gasteiger partial charge in [-0.2, -0.15) is 0 Å². The summed E-state index contributed by atoms with van der Waals surface area (Å²) in [5.41, 5.74) is 2.56. The van der Waals surface area contributed by atoms with Crippen LogP contribution in [-0.2, 0) is 0 Å². The molecule has 2 N–H and O–H groups in total. The number of carbonyl (C=O) groups is 1. The summed E-state index contributed by atoms with van der Waals surface area (Å²) >= 11 is 0. The van der Waals surface area contributed by atoms with Crippen LogP contribution in [0.15, 0.2) is 45.4 Å². The summed E-state index contributed by atoms with van der Waals surface area (Å²) in [5.74, 6) is 0.535. The highest BCUT2D eigenvalue weighted by Crippen LogP contribution is 2.28. The Hall–Kier alpha value is -2.53. The van der Waals surface area contributed by atoms with Gasteiger partial charge in [0, 0.05) is 23.4 Å². The van der Waals surface area contributed by atoms with Gasteiger partial charge in [0.05, 0.1) is 6.26 Å². The minimum Gasteiger partial charge on any atom is -0.467 e. The lowest BCUT2D eigenvalue weighted by atomic mass is 10.1. The molecule has 0 spiro atoms. The highest BCUT2D eigenvalue weighted by Gasteiger charge is 2.22. The van der Waals surface area contributed by atoms with Crippen LogP contribution in [-0.4, -0.2) is 17.1 Å². The van der Waals surface area contributed by atoms with E-state index in [1.165, 1.54) is 6.26 Å². The summed E-state index contributed by atoms with van der Waals surface area (Å²) in [6.07, 6.45) is 1.12. The summed E-state index contributed by atoms with van der Waals surface area (Å²) < 4.78 is 11.0. The maximum absolute atomic E-state index is 12.5. The zero-order valence-electron chi connectivity index (χ0n) is 14.0. The molecule has 5 nitrogen and oxygen atoms in total. The quantitative estimate of drug-likeness (QED) is 0.745. The number of aryl methyl sites for hydroxylation is 2. The highest BCUT2D eigenvalue weighted by molar-refractivity contribution is 5.99. The molecular formula is C19H21NO4. The molecule has 24 heavy (non-hydrogen) atoms. The molecule has 2 aromatic heterocycles. The summed E-state index contributed by atoms with van der Waals surface area (Å²) in [4.78, 5) is 12.5. The van der Waals surface area contributed by atoms with Crippen LogP contribution in [0.2, 0.25) is 0 Å². The lowest BCUT2D eigenvalue weighted by molar-refractivity contribution is 0.0877. The Morgan fingerprint density at radius 3 is 2.71 bits per heavy atom. The molecule has 0 aliphatic carbocycles. The number of carbonyl (C=O) groups excluding carboxylic acids is 1. The van der Waals surface area contributed by atoms with Crippen molar-refractivity contribution < 1.29 is 18.7 Å². The first kappa shape index (κ1) is 16.3. The van der Waals surface area contributed by atoms with Gasteiger partial charge in [0.2, 0.25) is 0 Å². The summed E-state index contributed by atoms with van der Waals surface area (Å²) in [7, 11) is 0. The van der Waals surface area contributed by atoms with E-state index in [-0.39, 0.29) is 11.9 Å². The average molecular weight is 327 g/mol. The number of fused-ring (bicyclic) bond motifs is 1. The van der Waals surface area contributed by atoms with Crippen molar-refractivity contribution >= 4 is 16.9 Å². The third-order valence-electron chi connectivity index (χ3n) is 4.19. The first-order valence-corrected chi connectivity index (χ1v) is 7.98. The summed E-state index contributed by atoms with van der Waals surface area (Å²) in [6, 6.07) is 9.06. The topological polar surface area (TPSA) is 75.6 Å². The van der Waals surface area contributed by atoms with Gasteiger partial charge in [0.15, 0.2) is 5.76 Å². The van der Waals surface area contributed by atoms with E-state index in [0.717, 1.165) is 22.1 Å². The monoisotopic (exact) mass is 327 g/mol. The second-order valence-electron chi connectivity index (χ2n) is 6.15. The standard InChI is InChI=1S/C19H21NO4/c1-11-6-4-7-14-13(3)18(24-17(11)14)19(22)20-12(2)10-15(21)16-8-5-9-23-16/h4-9,12,15,21H,10H2,1-3H3,(H,20,22)/t12-,15+/m0/s1. The molecule has 0 saturated carbocycles. The van der Waals surface area contributed by atoms with Gasteiger partial charge in [-0.3, -0.25) is 4.79 Å². The molecule has 1 amide bonds. The molecule has 0 aliphatic heterocycles. The van der Waals surface area contributed by atoms with Gasteiger partial charge >= 0.3 is 0 Å². The van der Waals surface area contributed by atoms with Gasteiger partial charge in [-0.15, -0.1) is 0 Å². The Balaban J connectivity index is 1.73. The van der Waals surface area contributed by atoms with Crippen LogP contribution in [0, 0.1) is 13.8 Å². The van der Waals surface area contributed by atoms with E-state index in [2.05, 4.69) is 5.32 Å². The molecule has 126 valence electrons. The largest absolute Gasteiger partial charge is 0.467 e. The number of aliphatic hydroxyl groups is 1. The number of furan rings is 2. The van der Waals surface area contributed by atoms with Gasteiger partial charge in [-0.05, 0) is 38.5 Å². The van der Waals surface area contributed by atoms with Crippen molar-refractivity contribution in [3.63, 3.8) is 0 Å². The van der Waals surface area contributed by atoms with E-state index in [9.17, 15) is 9.90 Å². The molecule has 3 aromatic rings. The fourth-order valence-electron chi connectivity index (χ4n) is 2.88. The van der Waals surface area contributed by atoms with E-state index in [4.69, 9.17) is 8.83 Å². The molecule has 0 bridgehead atoms. The third kappa shape index (κ3) is 3.08. The first-order valence-electron chi connectivity index (χ1n) is 7.98. The number of para-hydroxylation sites is 1. The normalized spacial score (nSPS) is 13.8. The lowest BCUT2D eigenvalue weighted by Gasteiger charge is -2.16. The number of hydrogen-bond donors (Lipinski definition) is 2. The van der Waals surface area contributed by atoms with Crippen LogP contribution >= 0.6 is 0 Å². The maximum atomic E-state index is 12.5. The zero-order valence-corrected chi connectivity index (χ0v) is 14.0. The van der Waals surface area contributed by atoms with Crippen molar-refractivity contribution in [2.75, 3.05) is 0 Å². The molecule has 0 radical (unpaired) electrons. The van der Waals surface area contributed by atoms with Crippen molar-refractivity contribution in [2.45, 2.75) is 39.3 Å². The van der Waals surface area contributed by atoms with Gasteiger partial charge in [-0.1, -0.05) is 18.2 Å². The van der Waals surface area contributed by atoms with E-state index >= 15 is 0 Å². The lowest BCUT2D eigenvalue weighted by Crippen LogP contribution is -2.33. The van der Waals surface area contributed by atoms with E-state index in [0.29, 0.717) is 17.9 Å². The Morgan fingerprint density at radius 1 is 1.25 bits per heavy atom. The molecule has 0 saturated heterocycles. The SMILES string of the molecule is Cc1c(C(=O)N[C@@H](C)C[C@@H](O)c2ccco2)oc2c(C)cccc12. The number of amides is 1. The fourth-order valence-corrected chi connectivity index (χ4v) is 2.88. The Morgan fingerprint density at radius 2 is 2.04 bits per heavy atom. The van der Waals surface area contributed by atoms with Gasteiger partial charge in [0.25, 0.3) is 5.91 Å². The van der Waals surface area contributed by atoms with E-state index < -0.39 is 6.10 Å². The molecule has 1 aromatic carbocycles. The van der Waals surface area contributed by atoms with Crippen molar-refractivity contribution in [3.8, 4) is 0 Å². The molecule has 2 atom stereocenters. The van der Waals surface area contributed by atoms with Crippen LogP contribution in [0.3, 0.4) is 0 Å². The molecule has 0 aliphatic rings. The average Bonchev–Trinajstić information content (AvgIpc) is 3.16. The maximum Gasteiger partial charge on any atom is 0.287 e. The Labute approximate surface area is 140 Å². The number of aliphatic hydroxyl groups excluding tert-OH is 1. The van der Waals surface area contributed by atoms with Crippen LogP contribution in [0.5, 0.6) is 0 Å². The van der Waals surface area contributed by atoms with Crippen LogP contribution < -0.4 is 5.32 Å². The van der Waals surface area contributed by atoms with E-state index in [1.807, 2.05) is 39.0 Å².